The summed E-state index contributed by atoms with van der Waals surface area (Å²) in [5, 5.41) is 8.77. The van der Waals surface area contributed by atoms with Crippen LogP contribution in [0.4, 0.5) is 4.39 Å². The van der Waals surface area contributed by atoms with E-state index >= 15 is 0 Å². The van der Waals surface area contributed by atoms with Crippen molar-refractivity contribution in [2.75, 3.05) is 6.54 Å². The van der Waals surface area contributed by atoms with Crippen molar-refractivity contribution in [2.45, 2.75) is 33.2 Å². The first-order valence-corrected chi connectivity index (χ1v) is 6.15. The predicted molar refractivity (Wildman–Crippen MR) is 69.6 cm³/mol. The number of halogens is 1. The van der Waals surface area contributed by atoms with Crippen molar-refractivity contribution in [1.82, 2.24) is 4.90 Å². The number of carbonyl (C=O) groups excluding carboxylic acids is 1. The molecule has 0 radical (unpaired) electrons. The van der Waals surface area contributed by atoms with E-state index in [4.69, 9.17) is 5.11 Å². The summed E-state index contributed by atoms with van der Waals surface area (Å²) in [6, 6.07) is 3.74. The molecule has 1 atom stereocenters. The monoisotopic (exact) mass is 267 g/mol. The van der Waals surface area contributed by atoms with Gasteiger partial charge in [-0.25, -0.2) is 4.39 Å². The third-order valence-corrected chi connectivity index (χ3v) is 3.01. The van der Waals surface area contributed by atoms with Crippen LogP contribution < -0.4 is 0 Å². The third kappa shape index (κ3) is 3.77. The Morgan fingerprint density at radius 1 is 1.42 bits per heavy atom. The molecule has 0 bridgehead atoms. The third-order valence-electron chi connectivity index (χ3n) is 3.01. The molecule has 0 heterocycles. The normalized spacial score (nSPS) is 12.0. The minimum Gasteiger partial charge on any atom is -0.481 e. The fraction of sp³-hybridized carbons (Fsp3) is 0.429. The van der Waals surface area contributed by atoms with Gasteiger partial charge in [0.2, 0.25) is 0 Å². The molecule has 0 fully saturated rings. The molecule has 1 unspecified atom stereocenters. The number of carboxylic acid groups (broad SMARTS) is 1. The summed E-state index contributed by atoms with van der Waals surface area (Å²) in [5.74, 6) is -1.59. The van der Waals surface area contributed by atoms with Gasteiger partial charge in [-0.15, -0.1) is 0 Å². The highest BCUT2D eigenvalue weighted by atomic mass is 19.1. The smallest absolute Gasteiger partial charge is 0.305 e. The Labute approximate surface area is 111 Å². The maximum atomic E-state index is 13.2. The van der Waals surface area contributed by atoms with Crippen molar-refractivity contribution in [3.05, 3.63) is 35.1 Å². The van der Waals surface area contributed by atoms with Gasteiger partial charge < -0.3 is 10.0 Å². The van der Waals surface area contributed by atoms with E-state index in [9.17, 15) is 14.0 Å². The maximum Gasteiger partial charge on any atom is 0.305 e. The van der Waals surface area contributed by atoms with Gasteiger partial charge in [0.05, 0.1) is 6.42 Å². The van der Waals surface area contributed by atoms with E-state index < -0.39 is 12.0 Å². The van der Waals surface area contributed by atoms with Gasteiger partial charge >= 0.3 is 5.97 Å². The topological polar surface area (TPSA) is 57.6 Å². The van der Waals surface area contributed by atoms with Crippen LogP contribution in [0.2, 0.25) is 0 Å². The molecule has 5 heteroatoms. The summed E-state index contributed by atoms with van der Waals surface area (Å²) in [6.07, 6.45) is -0.111. The second kappa shape index (κ2) is 6.31. The Bertz CT molecular complexity index is 488. The largest absolute Gasteiger partial charge is 0.481 e. The number of benzene rings is 1. The standard InChI is InChI=1S/C14H18FNO3/c1-4-16(10(3)8-13(17)18)14(19)11-5-6-12(15)9(2)7-11/h5-7,10H,4,8H2,1-3H3,(H,17,18). The number of amides is 1. The number of aryl methyl sites for hydroxylation is 1. The molecule has 0 spiro atoms. The van der Waals surface area contributed by atoms with Gasteiger partial charge in [0.15, 0.2) is 0 Å². The molecule has 0 aromatic heterocycles. The van der Waals surface area contributed by atoms with E-state index in [1.165, 1.54) is 23.1 Å². The first kappa shape index (κ1) is 15.1. The Kier molecular flexibility index (Phi) is 5.03. The summed E-state index contributed by atoms with van der Waals surface area (Å²) >= 11 is 0. The number of nitrogens with zero attached hydrogens (tertiary/aromatic N) is 1. The number of aliphatic carboxylic acids is 1. The van der Waals surface area contributed by atoms with Crippen molar-refractivity contribution in [3.63, 3.8) is 0 Å². The van der Waals surface area contributed by atoms with E-state index in [0.29, 0.717) is 17.7 Å². The number of rotatable bonds is 5. The summed E-state index contributed by atoms with van der Waals surface area (Å²) in [6.45, 7) is 5.46. The first-order valence-electron chi connectivity index (χ1n) is 6.15. The van der Waals surface area contributed by atoms with Crippen LogP contribution >= 0.6 is 0 Å². The molecule has 1 aromatic carbocycles. The van der Waals surface area contributed by atoms with Gasteiger partial charge in [-0.3, -0.25) is 9.59 Å². The summed E-state index contributed by atoms with van der Waals surface area (Å²) in [7, 11) is 0. The molecule has 0 aliphatic carbocycles. The zero-order valence-electron chi connectivity index (χ0n) is 11.3. The number of carbonyl (C=O) groups is 2. The number of hydrogen-bond donors (Lipinski definition) is 1. The average molecular weight is 267 g/mol. The van der Waals surface area contributed by atoms with Crippen LogP contribution in [0.15, 0.2) is 18.2 Å². The van der Waals surface area contributed by atoms with Crippen LogP contribution in [0.1, 0.15) is 36.2 Å². The molecule has 1 rings (SSSR count). The van der Waals surface area contributed by atoms with E-state index in [2.05, 4.69) is 0 Å². The fourth-order valence-electron chi connectivity index (χ4n) is 1.96. The van der Waals surface area contributed by atoms with E-state index in [-0.39, 0.29) is 18.1 Å². The van der Waals surface area contributed by atoms with E-state index in [0.717, 1.165) is 0 Å². The van der Waals surface area contributed by atoms with Crippen LogP contribution in [0.3, 0.4) is 0 Å². The highest BCUT2D eigenvalue weighted by Gasteiger charge is 2.22. The second-order valence-corrected chi connectivity index (χ2v) is 4.50. The first-order chi connectivity index (χ1) is 8.86. The van der Waals surface area contributed by atoms with Gasteiger partial charge in [-0.2, -0.15) is 0 Å². The summed E-state index contributed by atoms with van der Waals surface area (Å²) in [5.41, 5.74) is 0.769. The van der Waals surface area contributed by atoms with E-state index in [1.807, 2.05) is 0 Å². The van der Waals surface area contributed by atoms with Crippen LogP contribution in [-0.2, 0) is 4.79 Å². The minimum absolute atomic E-state index is 0.111. The fourth-order valence-corrected chi connectivity index (χ4v) is 1.96. The van der Waals surface area contributed by atoms with Crippen LogP contribution in [0, 0.1) is 12.7 Å². The average Bonchev–Trinajstić information content (AvgIpc) is 2.32. The van der Waals surface area contributed by atoms with Crippen molar-refractivity contribution < 1.29 is 19.1 Å². The van der Waals surface area contributed by atoms with Gasteiger partial charge in [-0.05, 0) is 44.5 Å². The lowest BCUT2D eigenvalue weighted by Crippen LogP contribution is -2.39. The zero-order valence-corrected chi connectivity index (χ0v) is 11.3. The SMILES string of the molecule is CCN(C(=O)c1ccc(F)c(C)c1)C(C)CC(=O)O. The molecule has 1 N–H and O–H groups in total. The van der Waals surface area contributed by atoms with Gasteiger partial charge in [-0.1, -0.05) is 0 Å². The minimum atomic E-state index is -0.950. The molecular weight excluding hydrogens is 249 g/mol. The predicted octanol–water partition coefficient (Wildman–Crippen LogP) is 2.46. The van der Waals surface area contributed by atoms with Gasteiger partial charge in [0, 0.05) is 18.2 Å². The quantitative estimate of drug-likeness (QED) is 0.891. The Morgan fingerprint density at radius 3 is 2.53 bits per heavy atom. The van der Waals surface area contributed by atoms with Crippen molar-refractivity contribution >= 4 is 11.9 Å². The van der Waals surface area contributed by atoms with Crippen LogP contribution in [0.5, 0.6) is 0 Å². The van der Waals surface area contributed by atoms with E-state index in [1.54, 1.807) is 20.8 Å². The zero-order chi connectivity index (χ0) is 14.6. The Balaban J connectivity index is 2.94. The van der Waals surface area contributed by atoms with Crippen LogP contribution in [-0.4, -0.2) is 34.5 Å². The molecule has 0 saturated heterocycles. The number of carboxylic acids is 1. The molecule has 4 nitrogen and oxygen atoms in total. The number of hydrogen-bond acceptors (Lipinski definition) is 2. The molecule has 1 amide bonds. The highest BCUT2D eigenvalue weighted by Crippen LogP contribution is 2.14. The molecule has 19 heavy (non-hydrogen) atoms. The lowest BCUT2D eigenvalue weighted by molar-refractivity contribution is -0.138. The second-order valence-electron chi connectivity index (χ2n) is 4.50. The lowest BCUT2D eigenvalue weighted by atomic mass is 10.1. The summed E-state index contributed by atoms with van der Waals surface area (Å²) in [4.78, 5) is 24.4. The van der Waals surface area contributed by atoms with Crippen molar-refractivity contribution in [3.8, 4) is 0 Å². The maximum absolute atomic E-state index is 13.2. The Morgan fingerprint density at radius 2 is 2.05 bits per heavy atom. The Hall–Kier alpha value is -1.91. The molecule has 1 aromatic rings. The summed E-state index contributed by atoms with van der Waals surface area (Å²) < 4.78 is 13.2. The molecule has 0 aliphatic heterocycles. The van der Waals surface area contributed by atoms with Crippen molar-refractivity contribution in [1.29, 1.82) is 0 Å². The molecule has 104 valence electrons. The molecular formula is C14H18FNO3. The van der Waals surface area contributed by atoms with Gasteiger partial charge in [0.1, 0.15) is 5.82 Å². The molecule has 0 aliphatic rings. The highest BCUT2D eigenvalue weighted by molar-refractivity contribution is 5.94. The van der Waals surface area contributed by atoms with Gasteiger partial charge in [0.25, 0.3) is 5.91 Å². The lowest BCUT2D eigenvalue weighted by Gasteiger charge is -2.27. The van der Waals surface area contributed by atoms with Crippen LogP contribution in [0.25, 0.3) is 0 Å². The van der Waals surface area contributed by atoms with Crippen molar-refractivity contribution in [2.24, 2.45) is 0 Å². The molecule has 0 saturated carbocycles.